The first-order valence-corrected chi connectivity index (χ1v) is 6.81. The zero-order valence-corrected chi connectivity index (χ0v) is 11.5. The standard InChI is InChI=1S/C15H19NO4/c1-10-5-6-13(20-10)14(17)16-8-7-11-3-2-4-12(9-11)15(18)19/h2-4,9-10,13H,5-8H2,1H3,(H,16,17)(H,18,19). The number of aromatic carboxylic acids is 1. The van der Waals surface area contributed by atoms with Crippen molar-refractivity contribution in [2.24, 2.45) is 0 Å². The molecule has 108 valence electrons. The van der Waals surface area contributed by atoms with Crippen LogP contribution in [0.1, 0.15) is 35.7 Å². The van der Waals surface area contributed by atoms with Crippen molar-refractivity contribution in [3.8, 4) is 0 Å². The number of carbonyl (C=O) groups excluding carboxylic acids is 1. The van der Waals surface area contributed by atoms with Gasteiger partial charge < -0.3 is 15.2 Å². The van der Waals surface area contributed by atoms with Crippen LogP contribution in [-0.2, 0) is 16.0 Å². The molecule has 1 aliphatic heterocycles. The van der Waals surface area contributed by atoms with Gasteiger partial charge in [0.15, 0.2) is 0 Å². The fraction of sp³-hybridized carbons (Fsp3) is 0.467. The van der Waals surface area contributed by atoms with Crippen molar-refractivity contribution in [1.29, 1.82) is 0 Å². The summed E-state index contributed by atoms with van der Waals surface area (Å²) in [5.41, 5.74) is 1.16. The molecule has 1 heterocycles. The Labute approximate surface area is 117 Å². The Morgan fingerprint density at radius 3 is 2.85 bits per heavy atom. The van der Waals surface area contributed by atoms with Crippen molar-refractivity contribution in [2.45, 2.75) is 38.4 Å². The molecule has 2 unspecified atom stereocenters. The van der Waals surface area contributed by atoms with Gasteiger partial charge in [0.1, 0.15) is 6.10 Å². The van der Waals surface area contributed by atoms with E-state index in [0.29, 0.717) is 13.0 Å². The highest BCUT2D eigenvalue weighted by Gasteiger charge is 2.27. The first kappa shape index (κ1) is 14.5. The second-order valence-electron chi connectivity index (χ2n) is 5.06. The normalized spacial score (nSPS) is 21.6. The van der Waals surface area contributed by atoms with Crippen molar-refractivity contribution in [3.63, 3.8) is 0 Å². The van der Waals surface area contributed by atoms with Gasteiger partial charge in [-0.3, -0.25) is 4.79 Å². The lowest BCUT2D eigenvalue weighted by Crippen LogP contribution is -2.35. The fourth-order valence-corrected chi connectivity index (χ4v) is 2.30. The first-order chi connectivity index (χ1) is 9.56. The number of hydrogen-bond acceptors (Lipinski definition) is 3. The van der Waals surface area contributed by atoms with Crippen molar-refractivity contribution < 1.29 is 19.4 Å². The number of amides is 1. The van der Waals surface area contributed by atoms with Crippen molar-refractivity contribution in [3.05, 3.63) is 35.4 Å². The van der Waals surface area contributed by atoms with Gasteiger partial charge >= 0.3 is 5.97 Å². The quantitative estimate of drug-likeness (QED) is 0.857. The molecule has 0 bridgehead atoms. The van der Waals surface area contributed by atoms with Gasteiger partial charge in [0.25, 0.3) is 0 Å². The lowest BCUT2D eigenvalue weighted by atomic mass is 10.1. The van der Waals surface area contributed by atoms with Gasteiger partial charge in [-0.05, 0) is 43.9 Å². The maximum absolute atomic E-state index is 11.8. The highest BCUT2D eigenvalue weighted by Crippen LogP contribution is 2.18. The Balaban J connectivity index is 1.79. The summed E-state index contributed by atoms with van der Waals surface area (Å²) in [5, 5.41) is 11.7. The number of benzene rings is 1. The molecule has 0 spiro atoms. The molecular weight excluding hydrogens is 258 g/mol. The van der Waals surface area contributed by atoms with Crippen LogP contribution in [0.5, 0.6) is 0 Å². The third-order valence-electron chi connectivity index (χ3n) is 3.41. The van der Waals surface area contributed by atoms with E-state index in [-0.39, 0.29) is 23.7 Å². The third-order valence-corrected chi connectivity index (χ3v) is 3.41. The molecule has 5 nitrogen and oxygen atoms in total. The van der Waals surface area contributed by atoms with Gasteiger partial charge in [-0.25, -0.2) is 4.79 Å². The van der Waals surface area contributed by atoms with E-state index in [1.165, 1.54) is 0 Å². The van der Waals surface area contributed by atoms with Crippen LogP contribution in [0, 0.1) is 0 Å². The summed E-state index contributed by atoms with van der Waals surface area (Å²) < 4.78 is 5.49. The smallest absolute Gasteiger partial charge is 0.335 e. The van der Waals surface area contributed by atoms with Crippen molar-refractivity contribution >= 4 is 11.9 Å². The summed E-state index contributed by atoms with van der Waals surface area (Å²) in [6.45, 7) is 2.45. The molecule has 0 radical (unpaired) electrons. The van der Waals surface area contributed by atoms with Crippen molar-refractivity contribution in [1.82, 2.24) is 5.32 Å². The second-order valence-corrected chi connectivity index (χ2v) is 5.06. The topological polar surface area (TPSA) is 75.6 Å². The van der Waals surface area contributed by atoms with Gasteiger partial charge in [0.05, 0.1) is 11.7 Å². The van der Waals surface area contributed by atoms with E-state index in [9.17, 15) is 9.59 Å². The average molecular weight is 277 g/mol. The molecule has 1 aromatic rings. The molecule has 2 rings (SSSR count). The van der Waals surface area contributed by atoms with Crippen LogP contribution in [-0.4, -0.2) is 35.7 Å². The summed E-state index contributed by atoms with van der Waals surface area (Å²) in [4.78, 5) is 22.7. The monoisotopic (exact) mass is 277 g/mol. The molecule has 20 heavy (non-hydrogen) atoms. The number of carboxylic acid groups (broad SMARTS) is 1. The van der Waals surface area contributed by atoms with E-state index in [1.54, 1.807) is 18.2 Å². The van der Waals surface area contributed by atoms with Crippen LogP contribution in [0.25, 0.3) is 0 Å². The van der Waals surface area contributed by atoms with Gasteiger partial charge in [-0.1, -0.05) is 12.1 Å². The van der Waals surface area contributed by atoms with E-state index in [0.717, 1.165) is 18.4 Å². The van der Waals surface area contributed by atoms with Crippen LogP contribution >= 0.6 is 0 Å². The number of rotatable bonds is 5. The maximum atomic E-state index is 11.8. The van der Waals surface area contributed by atoms with E-state index in [2.05, 4.69) is 5.32 Å². The predicted octanol–water partition coefficient (Wildman–Crippen LogP) is 1.61. The van der Waals surface area contributed by atoms with E-state index in [1.807, 2.05) is 13.0 Å². The summed E-state index contributed by atoms with van der Waals surface area (Å²) in [6, 6.07) is 6.75. The molecule has 1 aromatic carbocycles. The Bertz CT molecular complexity index is 500. The highest BCUT2D eigenvalue weighted by atomic mass is 16.5. The molecule has 1 aliphatic rings. The lowest BCUT2D eigenvalue weighted by Gasteiger charge is -2.11. The minimum Gasteiger partial charge on any atom is -0.478 e. The second kappa shape index (κ2) is 6.52. The molecule has 1 amide bonds. The Kier molecular flexibility index (Phi) is 4.74. The molecule has 1 fully saturated rings. The number of ether oxygens (including phenoxy) is 1. The summed E-state index contributed by atoms with van der Waals surface area (Å²) in [6.07, 6.45) is 2.10. The molecule has 0 aliphatic carbocycles. The molecule has 2 N–H and O–H groups in total. The minimum absolute atomic E-state index is 0.0799. The van der Waals surface area contributed by atoms with Crippen LogP contribution in [0.4, 0.5) is 0 Å². The van der Waals surface area contributed by atoms with Crippen molar-refractivity contribution in [2.75, 3.05) is 6.54 Å². The Morgan fingerprint density at radius 1 is 1.40 bits per heavy atom. The van der Waals surface area contributed by atoms with E-state index in [4.69, 9.17) is 9.84 Å². The van der Waals surface area contributed by atoms with Gasteiger partial charge in [-0.15, -0.1) is 0 Å². The van der Waals surface area contributed by atoms with Crippen LogP contribution in [0.2, 0.25) is 0 Å². The molecule has 1 saturated heterocycles. The first-order valence-electron chi connectivity index (χ1n) is 6.81. The van der Waals surface area contributed by atoms with E-state index < -0.39 is 5.97 Å². The summed E-state index contributed by atoms with van der Waals surface area (Å²) in [7, 11) is 0. The Morgan fingerprint density at radius 2 is 2.20 bits per heavy atom. The van der Waals surface area contributed by atoms with Crippen LogP contribution < -0.4 is 5.32 Å². The summed E-state index contributed by atoms with van der Waals surface area (Å²) in [5.74, 6) is -1.02. The predicted molar refractivity (Wildman–Crippen MR) is 73.7 cm³/mol. The minimum atomic E-state index is -0.941. The molecule has 0 saturated carbocycles. The number of carboxylic acids is 1. The van der Waals surface area contributed by atoms with E-state index >= 15 is 0 Å². The van der Waals surface area contributed by atoms with Crippen LogP contribution in [0.15, 0.2) is 24.3 Å². The largest absolute Gasteiger partial charge is 0.478 e. The van der Waals surface area contributed by atoms with Gasteiger partial charge in [0.2, 0.25) is 5.91 Å². The highest BCUT2D eigenvalue weighted by molar-refractivity contribution is 5.87. The molecule has 5 heteroatoms. The number of nitrogens with one attached hydrogen (secondary N) is 1. The summed E-state index contributed by atoms with van der Waals surface area (Å²) >= 11 is 0. The van der Waals surface area contributed by atoms with Crippen LogP contribution in [0.3, 0.4) is 0 Å². The average Bonchev–Trinajstić information content (AvgIpc) is 2.86. The molecular formula is C15H19NO4. The fourth-order valence-electron chi connectivity index (χ4n) is 2.30. The maximum Gasteiger partial charge on any atom is 0.335 e. The zero-order chi connectivity index (χ0) is 14.5. The Hall–Kier alpha value is -1.88. The van der Waals surface area contributed by atoms with Gasteiger partial charge in [-0.2, -0.15) is 0 Å². The third kappa shape index (κ3) is 3.81. The zero-order valence-electron chi connectivity index (χ0n) is 11.5. The molecule has 0 aromatic heterocycles. The number of carbonyl (C=O) groups is 2. The SMILES string of the molecule is CC1CCC(C(=O)NCCc2cccc(C(=O)O)c2)O1. The molecule has 2 atom stereocenters. The number of hydrogen-bond donors (Lipinski definition) is 2. The van der Waals surface area contributed by atoms with Gasteiger partial charge in [0, 0.05) is 6.54 Å². The lowest BCUT2D eigenvalue weighted by molar-refractivity contribution is -0.131.